The van der Waals surface area contributed by atoms with E-state index in [0.29, 0.717) is 25.7 Å². The zero-order chi connectivity index (χ0) is 11.7. The van der Waals surface area contributed by atoms with Crippen molar-refractivity contribution < 1.29 is 14.7 Å². The van der Waals surface area contributed by atoms with Crippen molar-refractivity contribution >= 4 is 11.9 Å². The molecule has 0 rings (SSSR count). The van der Waals surface area contributed by atoms with Gasteiger partial charge in [0.05, 0.1) is 0 Å². The van der Waals surface area contributed by atoms with E-state index in [9.17, 15) is 9.59 Å². The summed E-state index contributed by atoms with van der Waals surface area (Å²) in [5.74, 6) is 1.51. The Hall–Kier alpha value is -1.50. The van der Waals surface area contributed by atoms with E-state index in [1.54, 1.807) is 0 Å². The standard InChI is InChI=1S/C11H17NO3/c1-3-4-7-10(13)12-9(2)6-5-8-11(14)15/h1,9H,4-8H2,2H3,(H,12,13)(H,14,15). The minimum atomic E-state index is -0.805. The predicted octanol–water partition coefficient (Wildman–Crippen LogP) is 1.16. The molecular weight excluding hydrogens is 194 g/mol. The van der Waals surface area contributed by atoms with E-state index in [1.807, 2.05) is 6.92 Å². The van der Waals surface area contributed by atoms with E-state index in [-0.39, 0.29) is 18.4 Å². The quantitative estimate of drug-likeness (QED) is 0.621. The highest BCUT2D eigenvalue weighted by Crippen LogP contribution is 2.01. The highest BCUT2D eigenvalue weighted by molar-refractivity contribution is 5.76. The molecule has 0 aliphatic heterocycles. The van der Waals surface area contributed by atoms with Crippen LogP contribution in [0, 0.1) is 12.3 Å². The van der Waals surface area contributed by atoms with Gasteiger partial charge in [-0.15, -0.1) is 12.3 Å². The molecule has 4 heteroatoms. The molecule has 0 heterocycles. The van der Waals surface area contributed by atoms with E-state index in [4.69, 9.17) is 11.5 Å². The average Bonchev–Trinajstić information content (AvgIpc) is 2.14. The number of carbonyl (C=O) groups excluding carboxylic acids is 1. The van der Waals surface area contributed by atoms with Crippen molar-refractivity contribution in [3.05, 3.63) is 0 Å². The number of amides is 1. The third-order valence-electron chi connectivity index (χ3n) is 1.93. The van der Waals surface area contributed by atoms with Gasteiger partial charge in [0.1, 0.15) is 0 Å². The van der Waals surface area contributed by atoms with Gasteiger partial charge in [0.25, 0.3) is 0 Å². The fourth-order valence-corrected chi connectivity index (χ4v) is 1.16. The van der Waals surface area contributed by atoms with Gasteiger partial charge in [0, 0.05) is 25.3 Å². The summed E-state index contributed by atoms with van der Waals surface area (Å²) >= 11 is 0. The van der Waals surface area contributed by atoms with Crippen molar-refractivity contribution in [3.8, 4) is 12.3 Å². The molecule has 1 unspecified atom stereocenters. The van der Waals surface area contributed by atoms with E-state index < -0.39 is 5.97 Å². The fraction of sp³-hybridized carbons (Fsp3) is 0.636. The SMILES string of the molecule is C#CCCC(=O)NC(C)CCCC(=O)O. The fourth-order valence-electron chi connectivity index (χ4n) is 1.16. The zero-order valence-electron chi connectivity index (χ0n) is 8.95. The first kappa shape index (κ1) is 13.5. The molecule has 0 aromatic heterocycles. The first-order chi connectivity index (χ1) is 7.06. The molecule has 4 nitrogen and oxygen atoms in total. The van der Waals surface area contributed by atoms with Crippen molar-refractivity contribution in [1.82, 2.24) is 5.32 Å². The number of aliphatic carboxylic acids is 1. The Labute approximate surface area is 90.1 Å². The average molecular weight is 211 g/mol. The Morgan fingerprint density at radius 1 is 1.47 bits per heavy atom. The summed E-state index contributed by atoms with van der Waals surface area (Å²) in [7, 11) is 0. The maximum Gasteiger partial charge on any atom is 0.303 e. The van der Waals surface area contributed by atoms with Crippen LogP contribution in [0.5, 0.6) is 0 Å². The zero-order valence-corrected chi connectivity index (χ0v) is 8.95. The van der Waals surface area contributed by atoms with Gasteiger partial charge in [0.2, 0.25) is 5.91 Å². The Morgan fingerprint density at radius 3 is 2.67 bits per heavy atom. The first-order valence-electron chi connectivity index (χ1n) is 5.01. The van der Waals surface area contributed by atoms with E-state index in [1.165, 1.54) is 0 Å². The molecule has 0 radical (unpaired) electrons. The van der Waals surface area contributed by atoms with Gasteiger partial charge in [-0.2, -0.15) is 0 Å². The predicted molar refractivity (Wildman–Crippen MR) is 57.2 cm³/mol. The summed E-state index contributed by atoms with van der Waals surface area (Å²) in [6.07, 6.45) is 7.19. The molecule has 1 amide bonds. The second kappa shape index (κ2) is 7.86. The number of carboxylic acids is 1. The monoisotopic (exact) mass is 211 g/mol. The molecule has 0 aliphatic carbocycles. The summed E-state index contributed by atoms with van der Waals surface area (Å²) in [6.45, 7) is 1.86. The molecule has 0 aromatic carbocycles. The Kier molecular flexibility index (Phi) is 7.08. The van der Waals surface area contributed by atoms with Gasteiger partial charge < -0.3 is 10.4 Å². The maximum atomic E-state index is 11.2. The third-order valence-corrected chi connectivity index (χ3v) is 1.93. The van der Waals surface area contributed by atoms with Gasteiger partial charge in [-0.1, -0.05) is 0 Å². The van der Waals surface area contributed by atoms with E-state index >= 15 is 0 Å². The van der Waals surface area contributed by atoms with Gasteiger partial charge in [-0.3, -0.25) is 9.59 Å². The molecule has 1 atom stereocenters. The van der Waals surface area contributed by atoms with E-state index in [0.717, 1.165) is 0 Å². The first-order valence-corrected chi connectivity index (χ1v) is 5.01. The summed E-state index contributed by atoms with van der Waals surface area (Å²) in [5, 5.41) is 11.2. The molecule has 84 valence electrons. The molecule has 0 bridgehead atoms. The summed E-state index contributed by atoms with van der Waals surface area (Å²) in [5.41, 5.74) is 0. The smallest absolute Gasteiger partial charge is 0.303 e. The lowest BCUT2D eigenvalue weighted by molar-refractivity contribution is -0.137. The van der Waals surface area contributed by atoms with Crippen LogP contribution in [0.1, 0.15) is 39.0 Å². The van der Waals surface area contributed by atoms with Gasteiger partial charge in [0.15, 0.2) is 0 Å². The van der Waals surface area contributed by atoms with E-state index in [2.05, 4.69) is 11.2 Å². The second-order valence-electron chi connectivity index (χ2n) is 3.46. The van der Waals surface area contributed by atoms with Crippen LogP contribution >= 0.6 is 0 Å². The van der Waals surface area contributed by atoms with Crippen LogP contribution in [-0.2, 0) is 9.59 Å². The van der Waals surface area contributed by atoms with Crippen molar-refractivity contribution in [3.63, 3.8) is 0 Å². The molecule has 0 saturated heterocycles. The summed E-state index contributed by atoms with van der Waals surface area (Å²) < 4.78 is 0. The maximum absolute atomic E-state index is 11.2. The highest BCUT2D eigenvalue weighted by Gasteiger charge is 2.07. The topological polar surface area (TPSA) is 66.4 Å². The van der Waals surface area contributed by atoms with Crippen molar-refractivity contribution in [2.75, 3.05) is 0 Å². The Balaban J connectivity index is 3.56. The minimum Gasteiger partial charge on any atom is -0.481 e. The second-order valence-corrected chi connectivity index (χ2v) is 3.46. The van der Waals surface area contributed by atoms with Gasteiger partial charge in [-0.25, -0.2) is 0 Å². The lowest BCUT2D eigenvalue weighted by atomic mass is 10.1. The molecule has 0 aromatic rings. The van der Waals surface area contributed by atoms with Crippen LogP contribution in [0.3, 0.4) is 0 Å². The van der Waals surface area contributed by atoms with Crippen LogP contribution < -0.4 is 5.32 Å². The Bertz CT molecular complexity index is 255. The van der Waals surface area contributed by atoms with Gasteiger partial charge >= 0.3 is 5.97 Å². The number of carboxylic acid groups (broad SMARTS) is 1. The molecule has 0 aliphatic rings. The molecule has 0 saturated carbocycles. The number of hydrogen-bond acceptors (Lipinski definition) is 2. The molecular formula is C11H17NO3. The molecule has 0 spiro atoms. The van der Waals surface area contributed by atoms with Crippen LogP contribution in [0.4, 0.5) is 0 Å². The number of hydrogen-bond donors (Lipinski definition) is 2. The number of terminal acetylenes is 1. The van der Waals surface area contributed by atoms with Crippen molar-refractivity contribution in [1.29, 1.82) is 0 Å². The van der Waals surface area contributed by atoms with Crippen LogP contribution in [-0.4, -0.2) is 23.0 Å². The van der Waals surface area contributed by atoms with Crippen LogP contribution in [0.25, 0.3) is 0 Å². The van der Waals surface area contributed by atoms with Crippen molar-refractivity contribution in [2.24, 2.45) is 0 Å². The lowest BCUT2D eigenvalue weighted by Crippen LogP contribution is -2.32. The summed E-state index contributed by atoms with van der Waals surface area (Å²) in [4.78, 5) is 21.4. The normalized spacial score (nSPS) is 11.5. The van der Waals surface area contributed by atoms with Gasteiger partial charge in [-0.05, 0) is 19.8 Å². The number of rotatable bonds is 7. The lowest BCUT2D eigenvalue weighted by Gasteiger charge is -2.12. The molecule has 0 fully saturated rings. The van der Waals surface area contributed by atoms with Crippen LogP contribution in [0.2, 0.25) is 0 Å². The van der Waals surface area contributed by atoms with Crippen molar-refractivity contribution in [2.45, 2.75) is 45.1 Å². The largest absolute Gasteiger partial charge is 0.481 e. The Morgan fingerprint density at radius 2 is 2.13 bits per heavy atom. The highest BCUT2D eigenvalue weighted by atomic mass is 16.4. The number of nitrogens with one attached hydrogen (secondary N) is 1. The molecule has 2 N–H and O–H groups in total. The third kappa shape index (κ3) is 8.82. The molecule has 15 heavy (non-hydrogen) atoms. The minimum absolute atomic E-state index is 0.00891. The van der Waals surface area contributed by atoms with Crippen LogP contribution in [0.15, 0.2) is 0 Å². The number of carbonyl (C=O) groups is 2. The summed E-state index contributed by atoms with van der Waals surface area (Å²) in [6, 6.07) is 0.00891.